The zero-order valence-corrected chi connectivity index (χ0v) is 12.1. The van der Waals surface area contributed by atoms with Crippen LogP contribution in [0.25, 0.3) is 0 Å². The van der Waals surface area contributed by atoms with Gasteiger partial charge >= 0.3 is 5.69 Å². The van der Waals surface area contributed by atoms with Gasteiger partial charge < -0.3 is 9.80 Å². The number of H-pyrrole nitrogens is 2. The van der Waals surface area contributed by atoms with Crippen molar-refractivity contribution in [3.05, 3.63) is 56.6 Å². The van der Waals surface area contributed by atoms with Gasteiger partial charge in [-0.1, -0.05) is 12.1 Å². The molecule has 2 heterocycles. The van der Waals surface area contributed by atoms with E-state index >= 15 is 0 Å². The van der Waals surface area contributed by atoms with Crippen LogP contribution >= 0.6 is 0 Å². The van der Waals surface area contributed by atoms with E-state index in [9.17, 15) is 18.8 Å². The van der Waals surface area contributed by atoms with E-state index in [0.29, 0.717) is 31.9 Å². The molecule has 0 atom stereocenters. The van der Waals surface area contributed by atoms with Gasteiger partial charge in [-0.25, -0.2) is 14.3 Å². The van der Waals surface area contributed by atoms with Crippen molar-refractivity contribution in [2.45, 2.75) is 0 Å². The lowest BCUT2D eigenvalue weighted by Crippen LogP contribution is -2.50. The minimum atomic E-state index is -0.824. The highest BCUT2D eigenvalue weighted by Crippen LogP contribution is 2.20. The minimum Gasteiger partial charge on any atom is -0.366 e. The number of hydrogen-bond donors (Lipinski definition) is 2. The number of para-hydroxylation sites is 1. The quantitative estimate of drug-likeness (QED) is 0.781. The molecule has 9 heteroatoms. The number of carbonyl (C=O) groups excluding carboxylic acids is 1. The predicted octanol–water partition coefficient (Wildman–Crippen LogP) is -0.440. The largest absolute Gasteiger partial charge is 0.366 e. The lowest BCUT2D eigenvalue weighted by molar-refractivity contribution is 0.0737. The van der Waals surface area contributed by atoms with Crippen LogP contribution < -0.4 is 16.1 Å². The number of rotatable bonds is 2. The Balaban J connectivity index is 1.71. The van der Waals surface area contributed by atoms with E-state index in [0.717, 1.165) is 0 Å². The van der Waals surface area contributed by atoms with Crippen LogP contribution in [0.15, 0.2) is 33.9 Å². The number of hydrogen-bond acceptors (Lipinski definition) is 5. The van der Waals surface area contributed by atoms with E-state index in [1.54, 1.807) is 18.2 Å². The summed E-state index contributed by atoms with van der Waals surface area (Å²) in [7, 11) is 0. The number of aromatic nitrogens is 3. The second-order valence-corrected chi connectivity index (χ2v) is 5.09. The standard InChI is InChI=1S/C14H14FN5O3/c15-9-3-1-2-4-10(9)19-5-7-20(8-6-19)13(22)11-12(21)16-14(23)18-17-11/h1-4H,5-8H2,(H2,16,18,21,23). The molecule has 1 aromatic carbocycles. The monoisotopic (exact) mass is 319 g/mol. The van der Waals surface area contributed by atoms with Gasteiger partial charge in [-0.05, 0) is 12.1 Å². The van der Waals surface area contributed by atoms with Gasteiger partial charge in [0, 0.05) is 26.2 Å². The Kier molecular flexibility index (Phi) is 3.92. The van der Waals surface area contributed by atoms with Crippen LogP contribution in [-0.4, -0.2) is 52.2 Å². The Bertz CT molecular complexity index is 839. The summed E-state index contributed by atoms with van der Waals surface area (Å²) in [6.45, 7) is 1.53. The maximum atomic E-state index is 13.8. The van der Waals surface area contributed by atoms with Crippen molar-refractivity contribution in [1.82, 2.24) is 20.1 Å². The molecule has 3 rings (SSSR count). The summed E-state index contributed by atoms with van der Waals surface area (Å²) in [6, 6.07) is 6.43. The normalized spacial score (nSPS) is 14.8. The molecule has 1 aliphatic rings. The van der Waals surface area contributed by atoms with Crippen molar-refractivity contribution in [2.75, 3.05) is 31.1 Å². The maximum Gasteiger partial charge on any atom is 0.342 e. The number of carbonyl (C=O) groups is 1. The Labute approximate surface area is 129 Å². The second-order valence-electron chi connectivity index (χ2n) is 5.09. The molecule has 120 valence electrons. The topological polar surface area (TPSA) is 102 Å². The van der Waals surface area contributed by atoms with Crippen LogP contribution in [0.1, 0.15) is 10.5 Å². The number of anilines is 1. The summed E-state index contributed by atoms with van der Waals surface area (Å²) < 4.78 is 13.8. The summed E-state index contributed by atoms with van der Waals surface area (Å²) in [5.41, 5.74) is -1.46. The van der Waals surface area contributed by atoms with Crippen molar-refractivity contribution >= 4 is 11.6 Å². The molecule has 1 aromatic heterocycles. The van der Waals surface area contributed by atoms with E-state index in [-0.39, 0.29) is 11.5 Å². The molecular weight excluding hydrogens is 305 g/mol. The molecule has 1 fully saturated rings. The van der Waals surface area contributed by atoms with Crippen molar-refractivity contribution in [3.63, 3.8) is 0 Å². The smallest absolute Gasteiger partial charge is 0.342 e. The predicted molar refractivity (Wildman–Crippen MR) is 80.0 cm³/mol. The third-order valence-corrected chi connectivity index (χ3v) is 3.67. The number of nitrogens with zero attached hydrogens (tertiary/aromatic N) is 3. The van der Waals surface area contributed by atoms with Gasteiger partial charge in [0.25, 0.3) is 11.5 Å². The van der Waals surface area contributed by atoms with Gasteiger partial charge in [0.15, 0.2) is 0 Å². The van der Waals surface area contributed by atoms with Crippen LogP contribution in [-0.2, 0) is 0 Å². The van der Waals surface area contributed by atoms with Crippen LogP contribution in [0.5, 0.6) is 0 Å². The fourth-order valence-electron chi connectivity index (χ4n) is 2.50. The van der Waals surface area contributed by atoms with Crippen molar-refractivity contribution in [3.8, 4) is 0 Å². The van der Waals surface area contributed by atoms with Crippen LogP contribution in [0.3, 0.4) is 0 Å². The third-order valence-electron chi connectivity index (χ3n) is 3.67. The van der Waals surface area contributed by atoms with Gasteiger partial charge in [0.2, 0.25) is 5.69 Å². The molecule has 0 saturated carbocycles. The first-order valence-electron chi connectivity index (χ1n) is 7.04. The molecule has 0 unspecified atom stereocenters. The van der Waals surface area contributed by atoms with Crippen molar-refractivity contribution < 1.29 is 9.18 Å². The fourth-order valence-corrected chi connectivity index (χ4v) is 2.50. The molecular formula is C14H14FN5O3. The Morgan fingerprint density at radius 2 is 1.83 bits per heavy atom. The highest BCUT2D eigenvalue weighted by atomic mass is 19.1. The molecule has 0 spiro atoms. The van der Waals surface area contributed by atoms with Gasteiger partial charge in [-0.15, -0.1) is 0 Å². The Morgan fingerprint density at radius 1 is 1.13 bits per heavy atom. The summed E-state index contributed by atoms with van der Waals surface area (Å²) >= 11 is 0. The first kappa shape index (κ1) is 14.9. The highest BCUT2D eigenvalue weighted by Gasteiger charge is 2.26. The lowest BCUT2D eigenvalue weighted by atomic mass is 10.2. The molecule has 1 saturated heterocycles. The first-order chi connectivity index (χ1) is 11.1. The highest BCUT2D eigenvalue weighted by molar-refractivity contribution is 5.91. The number of piperazine rings is 1. The summed E-state index contributed by atoms with van der Waals surface area (Å²) in [5.74, 6) is -0.873. The van der Waals surface area contributed by atoms with Gasteiger partial charge in [0.05, 0.1) is 5.69 Å². The van der Waals surface area contributed by atoms with E-state index < -0.39 is 17.2 Å². The second kappa shape index (κ2) is 6.03. The van der Waals surface area contributed by atoms with E-state index in [4.69, 9.17) is 0 Å². The summed E-state index contributed by atoms with van der Waals surface area (Å²) in [5, 5.41) is 5.53. The van der Waals surface area contributed by atoms with Gasteiger partial charge in [0.1, 0.15) is 5.82 Å². The van der Waals surface area contributed by atoms with Crippen LogP contribution in [0.4, 0.5) is 10.1 Å². The molecule has 1 aliphatic heterocycles. The number of aromatic amines is 2. The van der Waals surface area contributed by atoms with Crippen molar-refractivity contribution in [2.24, 2.45) is 0 Å². The van der Waals surface area contributed by atoms with Crippen molar-refractivity contribution in [1.29, 1.82) is 0 Å². The number of nitrogens with one attached hydrogen (secondary N) is 2. The zero-order valence-electron chi connectivity index (χ0n) is 12.1. The molecule has 0 aliphatic carbocycles. The maximum absolute atomic E-state index is 13.8. The van der Waals surface area contributed by atoms with E-state index in [1.165, 1.54) is 11.0 Å². The lowest BCUT2D eigenvalue weighted by Gasteiger charge is -2.35. The summed E-state index contributed by atoms with van der Waals surface area (Å²) in [6.07, 6.45) is 0. The fraction of sp³-hybridized carbons (Fsp3) is 0.286. The van der Waals surface area contributed by atoms with Crippen LogP contribution in [0.2, 0.25) is 0 Å². The molecule has 2 aromatic rings. The average molecular weight is 319 g/mol. The molecule has 2 N–H and O–H groups in total. The van der Waals surface area contributed by atoms with Gasteiger partial charge in [-0.3, -0.25) is 14.6 Å². The molecule has 0 radical (unpaired) electrons. The minimum absolute atomic E-state index is 0.314. The van der Waals surface area contributed by atoms with Gasteiger partial charge in [-0.2, -0.15) is 5.10 Å². The van der Waals surface area contributed by atoms with E-state index in [1.807, 2.05) is 15.0 Å². The summed E-state index contributed by atoms with van der Waals surface area (Å²) in [4.78, 5) is 40.1. The number of amides is 1. The number of benzene rings is 1. The Hall–Kier alpha value is -2.97. The van der Waals surface area contributed by atoms with E-state index in [2.05, 4.69) is 5.10 Å². The zero-order chi connectivity index (χ0) is 16.4. The third kappa shape index (κ3) is 2.98. The molecule has 1 amide bonds. The molecule has 8 nitrogen and oxygen atoms in total. The SMILES string of the molecule is O=C(c1n[nH]c(=O)[nH]c1=O)N1CCN(c2ccccc2F)CC1. The van der Waals surface area contributed by atoms with Crippen LogP contribution in [0, 0.1) is 5.82 Å². The first-order valence-corrected chi connectivity index (χ1v) is 7.04. The Morgan fingerprint density at radius 3 is 2.48 bits per heavy atom. The average Bonchev–Trinajstić information content (AvgIpc) is 2.55. The number of halogens is 1. The molecule has 0 bridgehead atoms. The molecule has 23 heavy (non-hydrogen) atoms.